The molecule has 0 spiro atoms. The van der Waals surface area contributed by atoms with Crippen molar-refractivity contribution >= 4 is 32.4 Å². The predicted molar refractivity (Wildman–Crippen MR) is 73.6 cm³/mol. The largest absolute Gasteiger partial charge is 0.399 e. The lowest BCUT2D eigenvalue weighted by Crippen LogP contribution is -2.16. The maximum Gasteiger partial charge on any atom is 0.184 e. The highest BCUT2D eigenvalue weighted by atomic mass is 32.1. The Morgan fingerprint density at radius 2 is 2.35 bits per heavy atom. The zero-order chi connectivity index (χ0) is 12.3. The third kappa shape index (κ3) is 3.08. The molecular weight excluding hydrogens is 234 g/mol. The summed E-state index contributed by atoms with van der Waals surface area (Å²) < 4.78 is 6.17. The van der Waals surface area contributed by atoms with Crippen LogP contribution in [-0.4, -0.2) is 24.7 Å². The summed E-state index contributed by atoms with van der Waals surface area (Å²) in [5, 5.41) is 4.31. The topological polar surface area (TPSA) is 60.2 Å². The van der Waals surface area contributed by atoms with E-state index in [4.69, 9.17) is 10.5 Å². The fraction of sp³-hybridized carbons (Fsp3) is 0.417. The van der Waals surface area contributed by atoms with Gasteiger partial charge in [0.2, 0.25) is 0 Å². The van der Waals surface area contributed by atoms with Crippen molar-refractivity contribution in [2.45, 2.75) is 19.4 Å². The van der Waals surface area contributed by atoms with E-state index in [0.717, 1.165) is 34.1 Å². The standard InChI is InChI=1S/C12H17N3OS/c1-8(5-6-16-2)14-12-15-10-4-3-9(13)7-11(10)17-12/h3-4,7-8H,5-6,13H2,1-2H3,(H,14,15). The summed E-state index contributed by atoms with van der Waals surface area (Å²) in [6.07, 6.45) is 0.967. The van der Waals surface area contributed by atoms with E-state index in [2.05, 4.69) is 17.2 Å². The van der Waals surface area contributed by atoms with Gasteiger partial charge in [0.05, 0.1) is 10.2 Å². The molecule has 2 aromatic rings. The number of nitrogens with zero attached hydrogens (tertiary/aromatic N) is 1. The number of nitrogen functional groups attached to an aromatic ring is 1. The summed E-state index contributed by atoms with van der Waals surface area (Å²) in [5.74, 6) is 0. The van der Waals surface area contributed by atoms with Crippen molar-refractivity contribution in [2.75, 3.05) is 24.8 Å². The highest BCUT2D eigenvalue weighted by Crippen LogP contribution is 2.27. The first-order chi connectivity index (χ1) is 8.19. The second kappa shape index (κ2) is 5.33. The van der Waals surface area contributed by atoms with E-state index in [-0.39, 0.29) is 0 Å². The Hall–Kier alpha value is -1.33. The minimum Gasteiger partial charge on any atom is -0.399 e. The number of nitrogens with two attached hydrogens (primary N) is 1. The van der Waals surface area contributed by atoms with Gasteiger partial charge in [0.15, 0.2) is 5.13 Å². The SMILES string of the molecule is COCCC(C)Nc1nc2ccc(N)cc2s1. The van der Waals surface area contributed by atoms with Crippen LogP contribution in [0, 0.1) is 0 Å². The van der Waals surface area contributed by atoms with Gasteiger partial charge >= 0.3 is 0 Å². The number of methoxy groups -OCH3 is 1. The van der Waals surface area contributed by atoms with E-state index >= 15 is 0 Å². The zero-order valence-electron chi connectivity index (χ0n) is 10.1. The Bertz CT molecular complexity index is 497. The summed E-state index contributed by atoms with van der Waals surface area (Å²) in [6.45, 7) is 2.88. The lowest BCUT2D eigenvalue weighted by atomic mass is 10.2. The number of anilines is 2. The van der Waals surface area contributed by atoms with Crippen LogP contribution in [-0.2, 0) is 4.74 Å². The molecule has 0 aliphatic carbocycles. The molecule has 0 saturated heterocycles. The van der Waals surface area contributed by atoms with Gasteiger partial charge in [-0.25, -0.2) is 4.98 Å². The quantitative estimate of drug-likeness (QED) is 0.802. The number of ether oxygens (including phenoxy) is 1. The van der Waals surface area contributed by atoms with Gasteiger partial charge in [-0.2, -0.15) is 0 Å². The molecular formula is C12H17N3OS. The minimum atomic E-state index is 0.354. The Morgan fingerprint density at radius 3 is 3.12 bits per heavy atom. The number of benzene rings is 1. The molecule has 1 aromatic heterocycles. The van der Waals surface area contributed by atoms with Crippen LogP contribution in [0.2, 0.25) is 0 Å². The molecule has 0 aliphatic heterocycles. The molecule has 0 bridgehead atoms. The van der Waals surface area contributed by atoms with Crippen molar-refractivity contribution in [1.82, 2.24) is 4.98 Å². The van der Waals surface area contributed by atoms with Crippen molar-refractivity contribution in [3.05, 3.63) is 18.2 Å². The fourth-order valence-electron chi connectivity index (χ4n) is 1.58. The minimum absolute atomic E-state index is 0.354. The number of rotatable bonds is 5. The van der Waals surface area contributed by atoms with E-state index < -0.39 is 0 Å². The van der Waals surface area contributed by atoms with Gasteiger partial charge in [-0.15, -0.1) is 0 Å². The molecule has 0 fully saturated rings. The molecule has 0 amide bonds. The van der Waals surface area contributed by atoms with Crippen molar-refractivity contribution < 1.29 is 4.74 Å². The van der Waals surface area contributed by atoms with Crippen LogP contribution in [0.4, 0.5) is 10.8 Å². The van der Waals surface area contributed by atoms with Crippen LogP contribution < -0.4 is 11.1 Å². The summed E-state index contributed by atoms with van der Waals surface area (Å²) in [5.41, 5.74) is 7.51. The average Bonchev–Trinajstić information content (AvgIpc) is 2.67. The van der Waals surface area contributed by atoms with Crippen molar-refractivity contribution in [3.8, 4) is 0 Å². The molecule has 4 nitrogen and oxygen atoms in total. The molecule has 17 heavy (non-hydrogen) atoms. The third-order valence-corrected chi connectivity index (χ3v) is 3.49. The van der Waals surface area contributed by atoms with E-state index in [1.54, 1.807) is 18.4 Å². The van der Waals surface area contributed by atoms with Gasteiger partial charge in [0.1, 0.15) is 0 Å². The molecule has 92 valence electrons. The fourth-order valence-corrected chi connectivity index (χ4v) is 2.61. The summed E-state index contributed by atoms with van der Waals surface area (Å²) in [6, 6.07) is 6.14. The molecule has 1 unspecified atom stereocenters. The number of hydrogen-bond acceptors (Lipinski definition) is 5. The molecule has 5 heteroatoms. The molecule has 1 aromatic carbocycles. The second-order valence-electron chi connectivity index (χ2n) is 4.07. The van der Waals surface area contributed by atoms with Gasteiger partial charge in [-0.1, -0.05) is 11.3 Å². The molecule has 1 heterocycles. The summed E-state index contributed by atoms with van der Waals surface area (Å²) >= 11 is 1.63. The monoisotopic (exact) mass is 251 g/mol. The molecule has 0 radical (unpaired) electrons. The first-order valence-electron chi connectivity index (χ1n) is 5.60. The van der Waals surface area contributed by atoms with Crippen LogP contribution in [0.5, 0.6) is 0 Å². The number of hydrogen-bond donors (Lipinski definition) is 2. The first kappa shape index (κ1) is 12.1. The van der Waals surface area contributed by atoms with Crippen LogP contribution in [0.15, 0.2) is 18.2 Å². The number of nitrogens with one attached hydrogen (secondary N) is 1. The smallest absolute Gasteiger partial charge is 0.184 e. The van der Waals surface area contributed by atoms with E-state index in [9.17, 15) is 0 Å². The second-order valence-corrected chi connectivity index (χ2v) is 5.10. The molecule has 1 atom stereocenters. The molecule has 0 aliphatic rings. The first-order valence-corrected chi connectivity index (χ1v) is 6.42. The number of aromatic nitrogens is 1. The van der Waals surface area contributed by atoms with Gasteiger partial charge in [0.25, 0.3) is 0 Å². The number of fused-ring (bicyclic) bond motifs is 1. The van der Waals surface area contributed by atoms with E-state index in [1.165, 1.54) is 0 Å². The maximum atomic E-state index is 5.74. The lowest BCUT2D eigenvalue weighted by molar-refractivity contribution is 0.191. The van der Waals surface area contributed by atoms with E-state index in [0.29, 0.717) is 6.04 Å². The van der Waals surface area contributed by atoms with E-state index in [1.807, 2.05) is 18.2 Å². The molecule has 2 rings (SSSR count). The predicted octanol–water partition coefficient (Wildman–Crippen LogP) is 2.72. The van der Waals surface area contributed by atoms with Gasteiger partial charge in [-0.05, 0) is 31.5 Å². The summed E-state index contributed by atoms with van der Waals surface area (Å²) in [7, 11) is 1.72. The average molecular weight is 251 g/mol. The van der Waals surface area contributed by atoms with Gasteiger partial charge in [-0.3, -0.25) is 0 Å². The lowest BCUT2D eigenvalue weighted by Gasteiger charge is -2.11. The highest BCUT2D eigenvalue weighted by molar-refractivity contribution is 7.22. The molecule has 3 N–H and O–H groups in total. The highest BCUT2D eigenvalue weighted by Gasteiger charge is 2.07. The summed E-state index contributed by atoms with van der Waals surface area (Å²) in [4.78, 5) is 4.51. The van der Waals surface area contributed by atoms with Gasteiger partial charge < -0.3 is 15.8 Å². The Morgan fingerprint density at radius 1 is 1.53 bits per heavy atom. The Kier molecular flexibility index (Phi) is 3.81. The Labute approximate surface area is 105 Å². The van der Waals surface area contributed by atoms with Crippen LogP contribution in [0.3, 0.4) is 0 Å². The number of thiazole rings is 1. The molecule has 0 saturated carbocycles. The van der Waals surface area contributed by atoms with Crippen LogP contribution in [0.25, 0.3) is 10.2 Å². The maximum absolute atomic E-state index is 5.74. The zero-order valence-corrected chi connectivity index (χ0v) is 10.9. The van der Waals surface area contributed by atoms with Crippen LogP contribution in [0.1, 0.15) is 13.3 Å². The Balaban J connectivity index is 2.08. The van der Waals surface area contributed by atoms with Crippen molar-refractivity contribution in [1.29, 1.82) is 0 Å². The van der Waals surface area contributed by atoms with Crippen molar-refractivity contribution in [2.24, 2.45) is 0 Å². The third-order valence-electron chi connectivity index (χ3n) is 2.54. The van der Waals surface area contributed by atoms with Crippen molar-refractivity contribution in [3.63, 3.8) is 0 Å². The van der Waals surface area contributed by atoms with Crippen LogP contribution >= 0.6 is 11.3 Å². The van der Waals surface area contributed by atoms with Gasteiger partial charge in [0, 0.05) is 25.4 Å². The normalized spacial score (nSPS) is 12.8.